The van der Waals surface area contributed by atoms with Crippen LogP contribution in [-0.4, -0.2) is 29.4 Å². The average molecular weight is 296 g/mol. The van der Waals surface area contributed by atoms with Crippen LogP contribution in [-0.2, 0) is 0 Å². The highest BCUT2D eigenvalue weighted by molar-refractivity contribution is 5.65. The number of ether oxygens (including phenoxy) is 2. The summed E-state index contributed by atoms with van der Waals surface area (Å²) in [6.45, 7) is 0. The molecule has 3 rings (SSSR count). The Kier molecular flexibility index (Phi) is 3.65. The molecule has 0 fully saturated rings. The van der Waals surface area contributed by atoms with Crippen molar-refractivity contribution in [2.45, 2.75) is 0 Å². The Morgan fingerprint density at radius 1 is 0.909 bits per heavy atom. The normalized spacial score (nSPS) is 10.5. The fraction of sp³-hybridized carbons (Fsp3) is 0.125. The summed E-state index contributed by atoms with van der Waals surface area (Å²) in [6, 6.07) is 13.0. The molecule has 1 heterocycles. The van der Waals surface area contributed by atoms with E-state index < -0.39 is 0 Å². The molecule has 0 amide bonds. The number of anilines is 1. The van der Waals surface area contributed by atoms with Crippen LogP contribution in [0, 0.1) is 0 Å². The minimum Gasteiger partial charge on any atom is -0.493 e. The van der Waals surface area contributed by atoms with E-state index in [-0.39, 0.29) is 0 Å². The van der Waals surface area contributed by atoms with E-state index in [2.05, 4.69) is 15.2 Å². The molecule has 0 saturated heterocycles. The van der Waals surface area contributed by atoms with Crippen LogP contribution >= 0.6 is 0 Å². The van der Waals surface area contributed by atoms with Gasteiger partial charge in [0.1, 0.15) is 0 Å². The zero-order chi connectivity index (χ0) is 15.5. The van der Waals surface area contributed by atoms with E-state index >= 15 is 0 Å². The van der Waals surface area contributed by atoms with E-state index in [1.165, 1.54) is 0 Å². The van der Waals surface area contributed by atoms with Crippen LogP contribution in [0.25, 0.3) is 22.8 Å². The number of hydrogen-bond acceptors (Lipinski definition) is 5. The molecule has 6 heteroatoms. The van der Waals surface area contributed by atoms with E-state index in [1.54, 1.807) is 14.2 Å². The zero-order valence-electron chi connectivity index (χ0n) is 12.3. The minimum atomic E-state index is 0.591. The van der Waals surface area contributed by atoms with Gasteiger partial charge in [-0.2, -0.15) is 5.10 Å². The molecule has 6 nitrogen and oxygen atoms in total. The van der Waals surface area contributed by atoms with Crippen LogP contribution in [0.2, 0.25) is 0 Å². The summed E-state index contributed by atoms with van der Waals surface area (Å²) in [5.74, 6) is 2.58. The monoisotopic (exact) mass is 296 g/mol. The number of benzene rings is 2. The number of nitrogens with two attached hydrogens (primary N) is 1. The molecule has 112 valence electrons. The van der Waals surface area contributed by atoms with Crippen molar-refractivity contribution in [2.75, 3.05) is 20.0 Å². The molecule has 0 unspecified atom stereocenters. The topological polar surface area (TPSA) is 86.0 Å². The average Bonchev–Trinajstić information content (AvgIpc) is 3.05. The van der Waals surface area contributed by atoms with Gasteiger partial charge in [-0.3, -0.25) is 5.10 Å². The first kappa shape index (κ1) is 13.9. The largest absolute Gasteiger partial charge is 0.493 e. The number of rotatable bonds is 4. The van der Waals surface area contributed by atoms with Gasteiger partial charge in [-0.25, -0.2) is 4.98 Å². The first-order valence-corrected chi connectivity index (χ1v) is 6.72. The van der Waals surface area contributed by atoms with Gasteiger partial charge in [0.2, 0.25) is 0 Å². The van der Waals surface area contributed by atoms with E-state index in [9.17, 15) is 0 Å². The van der Waals surface area contributed by atoms with Gasteiger partial charge in [0.05, 0.1) is 14.2 Å². The Morgan fingerprint density at radius 2 is 1.59 bits per heavy atom. The summed E-state index contributed by atoms with van der Waals surface area (Å²) < 4.78 is 10.5. The Balaban J connectivity index is 1.95. The van der Waals surface area contributed by atoms with Crippen molar-refractivity contribution >= 4 is 5.69 Å². The predicted molar refractivity (Wildman–Crippen MR) is 84.8 cm³/mol. The Bertz CT molecular complexity index is 781. The second kappa shape index (κ2) is 5.77. The number of aromatic amines is 1. The molecule has 0 saturated carbocycles. The third-order valence-electron chi connectivity index (χ3n) is 3.31. The number of nitrogen functional groups attached to an aromatic ring is 1. The molecule has 3 N–H and O–H groups in total. The van der Waals surface area contributed by atoms with Crippen LogP contribution in [0.3, 0.4) is 0 Å². The standard InChI is InChI=1S/C16H16N4O2/c1-21-13-8-5-11(9-14(13)22-2)16-18-15(19-20-16)10-3-6-12(17)7-4-10/h3-9H,17H2,1-2H3,(H,18,19,20). The van der Waals surface area contributed by atoms with Crippen molar-refractivity contribution in [1.29, 1.82) is 0 Å². The number of methoxy groups -OCH3 is 2. The lowest BCUT2D eigenvalue weighted by Crippen LogP contribution is -1.91. The van der Waals surface area contributed by atoms with Crippen molar-refractivity contribution < 1.29 is 9.47 Å². The molecular formula is C16H16N4O2. The number of H-pyrrole nitrogens is 1. The van der Waals surface area contributed by atoms with Crippen LogP contribution < -0.4 is 15.2 Å². The smallest absolute Gasteiger partial charge is 0.181 e. The van der Waals surface area contributed by atoms with E-state index in [4.69, 9.17) is 15.2 Å². The maximum atomic E-state index is 5.69. The molecule has 0 atom stereocenters. The molecule has 3 aromatic rings. The number of nitrogens with zero attached hydrogens (tertiary/aromatic N) is 2. The molecule has 0 bridgehead atoms. The highest BCUT2D eigenvalue weighted by Crippen LogP contribution is 2.31. The highest BCUT2D eigenvalue weighted by atomic mass is 16.5. The summed E-state index contributed by atoms with van der Waals surface area (Å²) in [6.07, 6.45) is 0. The second-order valence-electron chi connectivity index (χ2n) is 4.70. The summed E-state index contributed by atoms with van der Waals surface area (Å²) in [7, 11) is 3.20. The fourth-order valence-corrected chi connectivity index (χ4v) is 2.14. The third kappa shape index (κ3) is 2.58. The van der Waals surface area contributed by atoms with Gasteiger partial charge in [-0.1, -0.05) is 0 Å². The van der Waals surface area contributed by atoms with Crippen LogP contribution in [0.4, 0.5) is 5.69 Å². The summed E-state index contributed by atoms with van der Waals surface area (Å²) >= 11 is 0. The number of hydrogen-bond donors (Lipinski definition) is 2. The van der Waals surface area contributed by atoms with E-state index in [0.717, 1.165) is 11.1 Å². The van der Waals surface area contributed by atoms with Crippen molar-refractivity contribution in [3.05, 3.63) is 42.5 Å². The third-order valence-corrected chi connectivity index (χ3v) is 3.31. The molecule has 0 aliphatic heterocycles. The molecule has 2 aromatic carbocycles. The highest BCUT2D eigenvalue weighted by Gasteiger charge is 2.11. The fourth-order valence-electron chi connectivity index (χ4n) is 2.14. The maximum absolute atomic E-state index is 5.69. The van der Waals surface area contributed by atoms with Crippen molar-refractivity contribution in [1.82, 2.24) is 15.2 Å². The van der Waals surface area contributed by atoms with Crippen LogP contribution in [0.5, 0.6) is 11.5 Å². The van der Waals surface area contributed by atoms with Crippen molar-refractivity contribution in [2.24, 2.45) is 0 Å². The van der Waals surface area contributed by atoms with Crippen LogP contribution in [0.15, 0.2) is 42.5 Å². The Hall–Kier alpha value is -3.02. The first-order chi connectivity index (χ1) is 10.7. The molecule has 0 aliphatic carbocycles. The van der Waals surface area contributed by atoms with E-state index in [0.29, 0.717) is 28.8 Å². The molecule has 1 aromatic heterocycles. The lowest BCUT2D eigenvalue weighted by atomic mass is 10.2. The lowest BCUT2D eigenvalue weighted by Gasteiger charge is -2.07. The van der Waals surface area contributed by atoms with Gasteiger partial charge in [0.15, 0.2) is 23.1 Å². The van der Waals surface area contributed by atoms with Gasteiger partial charge in [0.25, 0.3) is 0 Å². The molecule has 0 spiro atoms. The maximum Gasteiger partial charge on any atom is 0.181 e. The van der Waals surface area contributed by atoms with Gasteiger partial charge in [-0.05, 0) is 42.5 Å². The molecular weight excluding hydrogens is 280 g/mol. The SMILES string of the molecule is COc1ccc(-c2n[nH]c(-c3ccc(N)cc3)n2)cc1OC. The summed E-state index contributed by atoms with van der Waals surface area (Å²) in [5, 5.41) is 7.18. The van der Waals surface area contributed by atoms with Gasteiger partial charge >= 0.3 is 0 Å². The Labute approximate surface area is 127 Å². The van der Waals surface area contributed by atoms with E-state index in [1.807, 2.05) is 42.5 Å². The van der Waals surface area contributed by atoms with Gasteiger partial charge in [0, 0.05) is 16.8 Å². The molecule has 22 heavy (non-hydrogen) atoms. The number of aromatic nitrogens is 3. The molecule has 0 aliphatic rings. The molecule has 0 radical (unpaired) electrons. The summed E-state index contributed by atoms with van der Waals surface area (Å²) in [4.78, 5) is 4.51. The number of nitrogens with one attached hydrogen (secondary N) is 1. The summed E-state index contributed by atoms with van der Waals surface area (Å²) in [5.41, 5.74) is 8.17. The second-order valence-corrected chi connectivity index (χ2v) is 4.70. The zero-order valence-corrected chi connectivity index (χ0v) is 12.3. The van der Waals surface area contributed by atoms with Crippen molar-refractivity contribution in [3.8, 4) is 34.3 Å². The quantitative estimate of drug-likeness (QED) is 0.723. The first-order valence-electron chi connectivity index (χ1n) is 6.72. The lowest BCUT2D eigenvalue weighted by molar-refractivity contribution is 0.355. The van der Waals surface area contributed by atoms with Crippen LogP contribution in [0.1, 0.15) is 0 Å². The van der Waals surface area contributed by atoms with Gasteiger partial charge in [-0.15, -0.1) is 0 Å². The van der Waals surface area contributed by atoms with Gasteiger partial charge < -0.3 is 15.2 Å². The Morgan fingerprint density at radius 3 is 2.27 bits per heavy atom. The van der Waals surface area contributed by atoms with Crippen molar-refractivity contribution in [3.63, 3.8) is 0 Å². The minimum absolute atomic E-state index is 0.591. The predicted octanol–water partition coefficient (Wildman–Crippen LogP) is 2.74.